The molecule has 3 aromatic rings. The van der Waals surface area contributed by atoms with Crippen molar-refractivity contribution in [3.63, 3.8) is 0 Å². The van der Waals surface area contributed by atoms with Gasteiger partial charge in [0.1, 0.15) is 0 Å². The maximum Gasteiger partial charge on any atom is 0.320 e. The second-order valence-corrected chi connectivity index (χ2v) is 11.9. The third-order valence-electron chi connectivity index (χ3n) is 9.58. The number of rotatable bonds is 4. The average Bonchev–Trinajstić information content (AvgIpc) is 3.44. The van der Waals surface area contributed by atoms with Gasteiger partial charge in [0.25, 0.3) is 5.56 Å². The Balaban J connectivity index is 1.19. The quantitative estimate of drug-likeness (QED) is 0.477. The molecule has 0 bridgehead atoms. The number of urea groups is 1. The van der Waals surface area contributed by atoms with E-state index in [4.69, 9.17) is 5.73 Å². The minimum atomic E-state index is 0.0291. The Bertz CT molecular complexity index is 1330. The fraction of sp³-hybridized carbons (Fsp3) is 0.455. The molecule has 3 aliphatic rings. The lowest BCUT2D eigenvalue weighted by Gasteiger charge is -2.49. The van der Waals surface area contributed by atoms with Gasteiger partial charge in [0.15, 0.2) is 0 Å². The van der Waals surface area contributed by atoms with Crippen molar-refractivity contribution in [2.24, 2.45) is 17.1 Å². The highest BCUT2D eigenvalue weighted by atomic mass is 16.2. The molecule has 2 aliphatic heterocycles. The SMILES string of the molecule is N[C@@H]1CCN(C(=O)N2CC[C@@H](Cn3ccc(-c4ccccc4)cc3=O)C3(CCCC3)C2)[C@H](c2ccccc2)C1. The Hall–Kier alpha value is -3.38. The van der Waals surface area contributed by atoms with Crippen LogP contribution in [0.4, 0.5) is 4.79 Å². The highest BCUT2D eigenvalue weighted by Gasteiger charge is 2.47. The molecule has 1 aromatic heterocycles. The summed E-state index contributed by atoms with van der Waals surface area (Å²) in [7, 11) is 0. The summed E-state index contributed by atoms with van der Waals surface area (Å²) in [5, 5.41) is 0. The second-order valence-electron chi connectivity index (χ2n) is 11.9. The van der Waals surface area contributed by atoms with Gasteiger partial charge in [-0.3, -0.25) is 4.79 Å². The van der Waals surface area contributed by atoms with E-state index in [9.17, 15) is 9.59 Å². The van der Waals surface area contributed by atoms with Crippen LogP contribution in [0.3, 0.4) is 0 Å². The number of hydrogen-bond donors (Lipinski definition) is 1. The van der Waals surface area contributed by atoms with E-state index < -0.39 is 0 Å². The Kier molecular flexibility index (Phi) is 7.30. The Morgan fingerprint density at radius 1 is 0.897 bits per heavy atom. The van der Waals surface area contributed by atoms with Gasteiger partial charge < -0.3 is 20.1 Å². The lowest BCUT2D eigenvalue weighted by molar-refractivity contribution is 0.0215. The van der Waals surface area contributed by atoms with E-state index in [1.54, 1.807) is 6.07 Å². The van der Waals surface area contributed by atoms with Crippen molar-refractivity contribution >= 4 is 6.03 Å². The Morgan fingerprint density at radius 2 is 1.62 bits per heavy atom. The zero-order valence-electron chi connectivity index (χ0n) is 22.8. The number of nitrogens with two attached hydrogens (primary N) is 1. The molecule has 3 atom stereocenters. The van der Waals surface area contributed by atoms with Crippen molar-refractivity contribution in [3.8, 4) is 11.1 Å². The van der Waals surface area contributed by atoms with Crippen molar-refractivity contribution in [2.75, 3.05) is 19.6 Å². The van der Waals surface area contributed by atoms with Gasteiger partial charge in [0.2, 0.25) is 0 Å². The number of aromatic nitrogens is 1. The number of carbonyl (C=O) groups is 1. The summed E-state index contributed by atoms with van der Waals surface area (Å²) in [5.74, 6) is 0.393. The predicted octanol–water partition coefficient (Wildman–Crippen LogP) is 5.68. The number of piperidine rings is 2. The van der Waals surface area contributed by atoms with Crippen LogP contribution in [-0.4, -0.2) is 46.1 Å². The first-order valence-electron chi connectivity index (χ1n) is 14.6. The zero-order chi connectivity index (χ0) is 26.8. The molecule has 6 rings (SSSR count). The van der Waals surface area contributed by atoms with Crippen LogP contribution in [0.2, 0.25) is 0 Å². The molecule has 3 heterocycles. The molecule has 204 valence electrons. The molecule has 39 heavy (non-hydrogen) atoms. The lowest BCUT2D eigenvalue weighted by atomic mass is 9.69. The average molecular weight is 525 g/mol. The molecular weight excluding hydrogens is 484 g/mol. The van der Waals surface area contributed by atoms with E-state index in [-0.39, 0.29) is 29.1 Å². The molecule has 1 aliphatic carbocycles. The summed E-state index contributed by atoms with van der Waals surface area (Å²) in [6.45, 7) is 2.96. The largest absolute Gasteiger partial charge is 0.328 e. The van der Waals surface area contributed by atoms with Gasteiger partial charge in [-0.15, -0.1) is 0 Å². The van der Waals surface area contributed by atoms with Gasteiger partial charge in [0.05, 0.1) is 6.04 Å². The number of nitrogens with zero attached hydrogens (tertiary/aromatic N) is 3. The molecule has 2 saturated heterocycles. The lowest BCUT2D eigenvalue weighted by Crippen LogP contribution is -2.56. The van der Waals surface area contributed by atoms with Crippen LogP contribution in [0, 0.1) is 11.3 Å². The summed E-state index contributed by atoms with van der Waals surface area (Å²) in [6.07, 6.45) is 9.21. The van der Waals surface area contributed by atoms with Crippen LogP contribution in [0.15, 0.2) is 83.8 Å². The Morgan fingerprint density at radius 3 is 2.33 bits per heavy atom. The van der Waals surface area contributed by atoms with Gasteiger partial charge in [-0.1, -0.05) is 73.5 Å². The topological polar surface area (TPSA) is 71.6 Å². The number of carbonyl (C=O) groups excluding carboxylic acids is 1. The van der Waals surface area contributed by atoms with Gasteiger partial charge in [-0.2, -0.15) is 0 Å². The van der Waals surface area contributed by atoms with E-state index in [2.05, 4.69) is 28.0 Å². The fourth-order valence-electron chi connectivity index (χ4n) is 7.40. The van der Waals surface area contributed by atoms with E-state index >= 15 is 0 Å². The smallest absolute Gasteiger partial charge is 0.320 e. The number of amides is 2. The minimum Gasteiger partial charge on any atom is -0.328 e. The summed E-state index contributed by atoms with van der Waals surface area (Å²) < 4.78 is 1.89. The van der Waals surface area contributed by atoms with Crippen molar-refractivity contribution in [1.82, 2.24) is 14.4 Å². The highest BCUT2D eigenvalue weighted by Crippen LogP contribution is 2.49. The normalized spacial score (nSPS) is 24.7. The summed E-state index contributed by atoms with van der Waals surface area (Å²) in [5.41, 5.74) is 9.70. The van der Waals surface area contributed by atoms with E-state index in [0.29, 0.717) is 12.5 Å². The van der Waals surface area contributed by atoms with Crippen molar-refractivity contribution in [1.29, 1.82) is 0 Å². The molecule has 3 fully saturated rings. The number of likely N-dealkylation sites (tertiary alicyclic amines) is 2. The van der Waals surface area contributed by atoms with Crippen LogP contribution in [-0.2, 0) is 6.54 Å². The van der Waals surface area contributed by atoms with Crippen LogP contribution in [0.5, 0.6) is 0 Å². The van der Waals surface area contributed by atoms with Gasteiger partial charge in [-0.05, 0) is 66.2 Å². The molecule has 0 radical (unpaired) electrons. The number of pyridine rings is 1. The first kappa shape index (κ1) is 25.9. The van der Waals surface area contributed by atoms with Crippen molar-refractivity contribution < 1.29 is 4.79 Å². The second kappa shape index (κ2) is 11.0. The van der Waals surface area contributed by atoms with E-state index in [1.165, 1.54) is 18.4 Å². The summed E-state index contributed by atoms with van der Waals surface area (Å²) in [4.78, 5) is 31.4. The van der Waals surface area contributed by atoms with Crippen LogP contribution >= 0.6 is 0 Å². The third kappa shape index (κ3) is 5.27. The van der Waals surface area contributed by atoms with Gasteiger partial charge >= 0.3 is 6.03 Å². The minimum absolute atomic E-state index is 0.0291. The fourth-order valence-corrected chi connectivity index (χ4v) is 7.40. The molecule has 1 saturated carbocycles. The van der Waals surface area contributed by atoms with Crippen LogP contribution < -0.4 is 11.3 Å². The number of benzene rings is 2. The highest BCUT2D eigenvalue weighted by molar-refractivity contribution is 5.75. The van der Waals surface area contributed by atoms with E-state index in [1.807, 2.05) is 59.3 Å². The van der Waals surface area contributed by atoms with Crippen LogP contribution in [0.25, 0.3) is 11.1 Å². The first-order chi connectivity index (χ1) is 19.0. The van der Waals surface area contributed by atoms with Crippen molar-refractivity contribution in [3.05, 3.63) is 94.9 Å². The monoisotopic (exact) mass is 524 g/mol. The molecule has 6 nitrogen and oxygen atoms in total. The third-order valence-corrected chi connectivity index (χ3v) is 9.58. The van der Waals surface area contributed by atoms with Crippen molar-refractivity contribution in [2.45, 2.75) is 63.6 Å². The maximum atomic E-state index is 14.0. The zero-order valence-corrected chi connectivity index (χ0v) is 22.8. The molecule has 2 N–H and O–H groups in total. The van der Waals surface area contributed by atoms with E-state index in [0.717, 1.165) is 62.9 Å². The molecule has 0 unspecified atom stereocenters. The predicted molar refractivity (Wildman–Crippen MR) is 155 cm³/mol. The molecule has 2 aromatic carbocycles. The molecule has 1 spiro atoms. The molecule has 6 heteroatoms. The van der Waals surface area contributed by atoms with Gasteiger partial charge in [0, 0.05) is 44.5 Å². The maximum absolute atomic E-state index is 14.0. The summed E-state index contributed by atoms with van der Waals surface area (Å²) in [6, 6.07) is 24.6. The van der Waals surface area contributed by atoms with Gasteiger partial charge in [-0.25, -0.2) is 4.79 Å². The molecule has 2 amide bonds. The number of hydrogen-bond acceptors (Lipinski definition) is 3. The standard InChI is InChI=1S/C33H40N4O2/c34-29-15-20-37(30(22-29)26-11-5-2-6-12-26)32(39)36-19-14-28(33(24-36)16-7-8-17-33)23-35-18-13-27(21-31(35)38)25-9-3-1-4-10-25/h1-6,9-13,18,21,28-30H,7-8,14-17,19-20,22-24,34H2/t28-,29+,30-/m0/s1. The molecular formula is C33H40N4O2. The van der Waals surface area contributed by atoms with Crippen LogP contribution in [0.1, 0.15) is 56.6 Å². The summed E-state index contributed by atoms with van der Waals surface area (Å²) >= 11 is 0. The first-order valence-corrected chi connectivity index (χ1v) is 14.6. The Labute approximate surface area is 231 Å².